The van der Waals surface area contributed by atoms with E-state index >= 15 is 0 Å². The van der Waals surface area contributed by atoms with Crippen LogP contribution in [0.15, 0.2) is 48.5 Å². The van der Waals surface area contributed by atoms with Gasteiger partial charge in [0, 0.05) is 11.8 Å². The van der Waals surface area contributed by atoms with Crippen LogP contribution in [-0.4, -0.2) is 25.7 Å². The van der Waals surface area contributed by atoms with E-state index in [-0.39, 0.29) is 12.5 Å². The number of ether oxygens (including phenoxy) is 2. The Labute approximate surface area is 155 Å². The zero-order valence-corrected chi connectivity index (χ0v) is 15.6. The monoisotopic (exact) mass is 356 g/mol. The first-order valence-corrected chi connectivity index (χ1v) is 9.21. The van der Waals surface area contributed by atoms with Crippen LogP contribution < -0.4 is 20.1 Å². The highest BCUT2D eigenvalue weighted by Crippen LogP contribution is 2.24. The standard InChI is InChI=1S/C21H28N2O3/c1-3-5-14-26-20-12-7-6-11-19(20)23-21(24)16-22-17-9-8-10-18(15-17)25-13-4-2/h6-12,15,22H,3-5,13-14,16H2,1-2H3,(H,23,24). The van der Waals surface area contributed by atoms with Crippen molar-refractivity contribution in [2.75, 3.05) is 30.4 Å². The third-order valence-corrected chi connectivity index (χ3v) is 3.68. The van der Waals surface area contributed by atoms with Crippen LogP contribution in [0.1, 0.15) is 33.1 Å². The maximum absolute atomic E-state index is 12.3. The van der Waals surface area contributed by atoms with Crippen LogP contribution in [0.2, 0.25) is 0 Å². The van der Waals surface area contributed by atoms with Gasteiger partial charge < -0.3 is 20.1 Å². The first-order chi connectivity index (χ1) is 12.7. The van der Waals surface area contributed by atoms with Gasteiger partial charge in [-0.2, -0.15) is 0 Å². The van der Waals surface area contributed by atoms with Crippen LogP contribution in [0.4, 0.5) is 11.4 Å². The summed E-state index contributed by atoms with van der Waals surface area (Å²) in [5.74, 6) is 1.37. The largest absolute Gasteiger partial charge is 0.494 e. The molecule has 0 saturated heterocycles. The van der Waals surface area contributed by atoms with Crippen molar-refractivity contribution in [2.45, 2.75) is 33.1 Å². The molecule has 26 heavy (non-hydrogen) atoms. The molecule has 0 spiro atoms. The van der Waals surface area contributed by atoms with Gasteiger partial charge in [-0.3, -0.25) is 4.79 Å². The molecule has 0 fully saturated rings. The van der Waals surface area contributed by atoms with Gasteiger partial charge in [0.25, 0.3) is 0 Å². The summed E-state index contributed by atoms with van der Waals surface area (Å²) in [5.41, 5.74) is 1.54. The summed E-state index contributed by atoms with van der Waals surface area (Å²) in [6.07, 6.45) is 3.01. The van der Waals surface area contributed by atoms with Gasteiger partial charge in [0.1, 0.15) is 11.5 Å². The topological polar surface area (TPSA) is 59.6 Å². The van der Waals surface area contributed by atoms with E-state index in [2.05, 4.69) is 24.5 Å². The molecule has 0 atom stereocenters. The molecule has 2 N–H and O–H groups in total. The quantitative estimate of drug-likeness (QED) is 0.573. The van der Waals surface area contributed by atoms with Crippen molar-refractivity contribution >= 4 is 17.3 Å². The molecule has 0 aliphatic carbocycles. The van der Waals surface area contributed by atoms with Gasteiger partial charge in [0.05, 0.1) is 25.4 Å². The maximum Gasteiger partial charge on any atom is 0.243 e. The molecule has 0 aromatic heterocycles. The van der Waals surface area contributed by atoms with Crippen LogP contribution in [0.25, 0.3) is 0 Å². The van der Waals surface area contributed by atoms with Crippen molar-refractivity contribution in [3.63, 3.8) is 0 Å². The zero-order valence-electron chi connectivity index (χ0n) is 15.6. The number of anilines is 2. The van der Waals surface area contributed by atoms with E-state index in [4.69, 9.17) is 9.47 Å². The van der Waals surface area contributed by atoms with Gasteiger partial charge in [0.15, 0.2) is 0 Å². The van der Waals surface area contributed by atoms with Crippen LogP contribution >= 0.6 is 0 Å². The SMILES string of the molecule is CCCCOc1ccccc1NC(=O)CNc1cccc(OCCC)c1. The summed E-state index contributed by atoms with van der Waals surface area (Å²) in [6, 6.07) is 15.1. The third-order valence-electron chi connectivity index (χ3n) is 3.68. The Kier molecular flexibility index (Phi) is 8.33. The van der Waals surface area contributed by atoms with E-state index in [1.54, 1.807) is 0 Å². The van der Waals surface area contributed by atoms with Crippen LogP contribution in [-0.2, 0) is 4.79 Å². The van der Waals surface area contributed by atoms with Gasteiger partial charge in [-0.1, -0.05) is 38.5 Å². The van der Waals surface area contributed by atoms with Crippen LogP contribution in [0.5, 0.6) is 11.5 Å². The third kappa shape index (κ3) is 6.67. The van der Waals surface area contributed by atoms with E-state index in [1.807, 2.05) is 48.5 Å². The minimum atomic E-state index is -0.128. The molecular formula is C21H28N2O3. The Morgan fingerprint density at radius 1 is 0.962 bits per heavy atom. The fraction of sp³-hybridized carbons (Fsp3) is 0.381. The van der Waals surface area contributed by atoms with Crippen molar-refractivity contribution in [3.8, 4) is 11.5 Å². The first-order valence-electron chi connectivity index (χ1n) is 9.21. The van der Waals surface area contributed by atoms with E-state index < -0.39 is 0 Å². The molecule has 1 amide bonds. The summed E-state index contributed by atoms with van der Waals surface area (Å²) >= 11 is 0. The van der Waals surface area contributed by atoms with Crippen molar-refractivity contribution in [3.05, 3.63) is 48.5 Å². The molecule has 0 heterocycles. The number of carbonyl (C=O) groups is 1. The molecule has 0 radical (unpaired) electrons. The smallest absolute Gasteiger partial charge is 0.243 e. The minimum Gasteiger partial charge on any atom is -0.494 e. The van der Waals surface area contributed by atoms with Crippen molar-refractivity contribution in [1.29, 1.82) is 0 Å². The number of carbonyl (C=O) groups excluding carboxylic acids is 1. The normalized spacial score (nSPS) is 10.2. The second-order valence-corrected chi connectivity index (χ2v) is 5.98. The molecule has 0 bridgehead atoms. The highest BCUT2D eigenvalue weighted by molar-refractivity contribution is 5.95. The molecule has 0 unspecified atom stereocenters. The fourth-order valence-corrected chi connectivity index (χ4v) is 2.31. The minimum absolute atomic E-state index is 0.128. The molecule has 5 nitrogen and oxygen atoms in total. The molecule has 2 aromatic rings. The number of hydrogen-bond acceptors (Lipinski definition) is 4. The molecule has 0 aliphatic rings. The van der Waals surface area contributed by atoms with E-state index in [9.17, 15) is 4.79 Å². The summed E-state index contributed by atoms with van der Waals surface area (Å²) in [6.45, 7) is 5.67. The Balaban J connectivity index is 1.87. The molecular weight excluding hydrogens is 328 g/mol. The lowest BCUT2D eigenvalue weighted by molar-refractivity contribution is -0.114. The lowest BCUT2D eigenvalue weighted by Gasteiger charge is -2.13. The lowest BCUT2D eigenvalue weighted by atomic mass is 10.2. The fourth-order valence-electron chi connectivity index (χ4n) is 2.31. The average Bonchev–Trinajstić information content (AvgIpc) is 2.66. The van der Waals surface area contributed by atoms with Gasteiger partial charge in [-0.15, -0.1) is 0 Å². The maximum atomic E-state index is 12.3. The molecule has 2 rings (SSSR count). The van der Waals surface area contributed by atoms with Crippen molar-refractivity contribution < 1.29 is 14.3 Å². The van der Waals surface area contributed by atoms with Crippen LogP contribution in [0.3, 0.4) is 0 Å². The number of hydrogen-bond donors (Lipinski definition) is 2. The van der Waals surface area contributed by atoms with Gasteiger partial charge in [-0.25, -0.2) is 0 Å². The summed E-state index contributed by atoms with van der Waals surface area (Å²) < 4.78 is 11.3. The van der Waals surface area contributed by atoms with Crippen LogP contribution in [0, 0.1) is 0 Å². The number of rotatable bonds is 11. The Morgan fingerprint density at radius 3 is 2.62 bits per heavy atom. The molecule has 0 saturated carbocycles. The Bertz CT molecular complexity index is 688. The van der Waals surface area contributed by atoms with Crippen molar-refractivity contribution in [1.82, 2.24) is 0 Å². The highest BCUT2D eigenvalue weighted by atomic mass is 16.5. The summed E-state index contributed by atoms with van der Waals surface area (Å²) in [5, 5.41) is 6.02. The van der Waals surface area contributed by atoms with E-state index in [0.29, 0.717) is 24.7 Å². The Morgan fingerprint density at radius 2 is 1.81 bits per heavy atom. The van der Waals surface area contributed by atoms with E-state index in [1.165, 1.54) is 0 Å². The predicted octanol–water partition coefficient (Wildman–Crippen LogP) is 4.70. The second-order valence-electron chi connectivity index (χ2n) is 5.98. The Hall–Kier alpha value is -2.69. The molecule has 140 valence electrons. The molecule has 0 aliphatic heterocycles. The first kappa shape index (κ1) is 19.6. The second kappa shape index (κ2) is 11.0. The lowest BCUT2D eigenvalue weighted by Crippen LogP contribution is -2.22. The van der Waals surface area contributed by atoms with E-state index in [0.717, 1.165) is 30.7 Å². The summed E-state index contributed by atoms with van der Waals surface area (Å²) in [7, 11) is 0. The number of unbranched alkanes of at least 4 members (excludes halogenated alkanes) is 1. The van der Waals surface area contributed by atoms with Gasteiger partial charge in [-0.05, 0) is 37.1 Å². The zero-order chi connectivity index (χ0) is 18.6. The summed E-state index contributed by atoms with van der Waals surface area (Å²) in [4.78, 5) is 12.3. The number of amides is 1. The number of para-hydroxylation sites is 2. The molecule has 5 heteroatoms. The predicted molar refractivity (Wildman–Crippen MR) is 106 cm³/mol. The average molecular weight is 356 g/mol. The highest BCUT2D eigenvalue weighted by Gasteiger charge is 2.08. The number of nitrogens with one attached hydrogen (secondary N) is 2. The van der Waals surface area contributed by atoms with Gasteiger partial charge >= 0.3 is 0 Å². The molecule has 2 aromatic carbocycles. The van der Waals surface area contributed by atoms with Crippen molar-refractivity contribution in [2.24, 2.45) is 0 Å². The van der Waals surface area contributed by atoms with Gasteiger partial charge in [0.2, 0.25) is 5.91 Å². The number of benzene rings is 2.